The minimum absolute atomic E-state index is 0.00412. The molecule has 4 heteroatoms. The lowest BCUT2D eigenvalue weighted by Gasteiger charge is -2.28. The predicted molar refractivity (Wildman–Crippen MR) is 68.1 cm³/mol. The molecule has 1 fully saturated rings. The van der Waals surface area contributed by atoms with Gasteiger partial charge in [-0.05, 0) is 44.5 Å². The lowest BCUT2D eigenvalue weighted by atomic mass is 9.93. The molecule has 0 spiro atoms. The van der Waals surface area contributed by atoms with Crippen molar-refractivity contribution < 1.29 is 8.78 Å². The first-order valence-corrected chi connectivity index (χ1v) is 6.56. The van der Waals surface area contributed by atoms with Gasteiger partial charge in [0.25, 0.3) is 0 Å². The topological polar surface area (TPSA) is 29.3 Å². The molecular weight excluding hydrogens is 234 g/mol. The van der Waals surface area contributed by atoms with Gasteiger partial charge in [0, 0.05) is 17.7 Å². The molecule has 2 atom stereocenters. The Hall–Kier alpha value is -1.00. The average molecular weight is 254 g/mol. The summed E-state index contributed by atoms with van der Waals surface area (Å²) in [6.07, 6.45) is 2.01. The van der Waals surface area contributed by atoms with Crippen molar-refractivity contribution >= 4 is 0 Å². The van der Waals surface area contributed by atoms with Crippen molar-refractivity contribution in [1.82, 2.24) is 4.90 Å². The van der Waals surface area contributed by atoms with E-state index in [-0.39, 0.29) is 12.0 Å². The van der Waals surface area contributed by atoms with Crippen molar-refractivity contribution in [2.24, 2.45) is 11.7 Å². The highest BCUT2D eigenvalue weighted by atomic mass is 19.1. The van der Waals surface area contributed by atoms with Crippen LogP contribution in [0.3, 0.4) is 0 Å². The Labute approximate surface area is 107 Å². The number of nitrogens with two attached hydrogens (primary N) is 1. The van der Waals surface area contributed by atoms with Crippen LogP contribution in [0.2, 0.25) is 0 Å². The molecule has 1 aliphatic rings. The van der Waals surface area contributed by atoms with Gasteiger partial charge in [0.1, 0.15) is 11.6 Å². The predicted octanol–water partition coefficient (Wildman–Crippen LogP) is 2.70. The van der Waals surface area contributed by atoms with Crippen LogP contribution >= 0.6 is 0 Å². The Kier molecular flexibility index (Phi) is 4.30. The van der Waals surface area contributed by atoms with E-state index in [1.807, 2.05) is 0 Å². The molecule has 1 aromatic carbocycles. The van der Waals surface area contributed by atoms with E-state index in [4.69, 9.17) is 5.73 Å². The molecule has 1 saturated heterocycles. The summed E-state index contributed by atoms with van der Waals surface area (Å²) in [5.41, 5.74) is 6.36. The standard InChI is InChI=1S/C14H20F2N2/c1-2-6-18-7-5-10(9-17)14(18)12-4-3-11(15)8-13(12)16/h3-4,8,10,14H,2,5-7,9,17H2,1H3. The van der Waals surface area contributed by atoms with E-state index < -0.39 is 11.6 Å². The average Bonchev–Trinajstić information content (AvgIpc) is 2.73. The molecule has 1 heterocycles. The van der Waals surface area contributed by atoms with Gasteiger partial charge in [-0.1, -0.05) is 13.0 Å². The van der Waals surface area contributed by atoms with E-state index >= 15 is 0 Å². The molecule has 0 bridgehead atoms. The van der Waals surface area contributed by atoms with Crippen LogP contribution < -0.4 is 5.73 Å². The molecule has 2 rings (SSSR count). The molecule has 0 amide bonds. The van der Waals surface area contributed by atoms with Crippen LogP contribution in [-0.2, 0) is 0 Å². The maximum Gasteiger partial charge on any atom is 0.130 e. The van der Waals surface area contributed by atoms with Crippen molar-refractivity contribution in [3.8, 4) is 0 Å². The van der Waals surface area contributed by atoms with Crippen LogP contribution in [0.1, 0.15) is 31.4 Å². The minimum Gasteiger partial charge on any atom is -0.330 e. The van der Waals surface area contributed by atoms with Gasteiger partial charge in [-0.2, -0.15) is 0 Å². The highest BCUT2D eigenvalue weighted by Gasteiger charge is 2.35. The van der Waals surface area contributed by atoms with Gasteiger partial charge < -0.3 is 5.73 Å². The quantitative estimate of drug-likeness (QED) is 0.895. The summed E-state index contributed by atoms with van der Waals surface area (Å²) in [6.45, 7) is 4.52. The van der Waals surface area contributed by atoms with E-state index in [1.54, 1.807) is 6.07 Å². The van der Waals surface area contributed by atoms with Crippen LogP contribution in [0.15, 0.2) is 18.2 Å². The van der Waals surface area contributed by atoms with Crippen molar-refractivity contribution in [3.63, 3.8) is 0 Å². The van der Waals surface area contributed by atoms with E-state index in [1.165, 1.54) is 6.07 Å². The minimum atomic E-state index is -0.527. The van der Waals surface area contributed by atoms with Crippen molar-refractivity contribution in [3.05, 3.63) is 35.4 Å². The monoisotopic (exact) mass is 254 g/mol. The summed E-state index contributed by atoms with van der Waals surface area (Å²) in [6, 6.07) is 3.85. The van der Waals surface area contributed by atoms with E-state index in [0.717, 1.165) is 32.0 Å². The third-order valence-corrected chi connectivity index (χ3v) is 3.72. The Bertz CT molecular complexity index is 409. The number of rotatable bonds is 4. The molecule has 0 radical (unpaired) electrons. The fraction of sp³-hybridized carbons (Fsp3) is 0.571. The molecule has 2 unspecified atom stereocenters. The van der Waals surface area contributed by atoms with Crippen LogP contribution in [0.4, 0.5) is 8.78 Å². The van der Waals surface area contributed by atoms with Crippen molar-refractivity contribution in [1.29, 1.82) is 0 Å². The molecule has 2 nitrogen and oxygen atoms in total. The maximum atomic E-state index is 13.9. The summed E-state index contributed by atoms with van der Waals surface area (Å²) in [5, 5.41) is 0. The van der Waals surface area contributed by atoms with Crippen molar-refractivity contribution in [2.45, 2.75) is 25.8 Å². The van der Waals surface area contributed by atoms with Gasteiger partial charge in [0.05, 0.1) is 0 Å². The molecule has 1 aliphatic heterocycles. The van der Waals surface area contributed by atoms with Crippen LogP contribution in [0.25, 0.3) is 0 Å². The number of likely N-dealkylation sites (tertiary alicyclic amines) is 1. The molecule has 0 aromatic heterocycles. The summed E-state index contributed by atoms with van der Waals surface area (Å²) in [4.78, 5) is 2.26. The largest absolute Gasteiger partial charge is 0.330 e. The number of nitrogens with zero attached hydrogens (tertiary/aromatic N) is 1. The van der Waals surface area contributed by atoms with Crippen molar-refractivity contribution in [2.75, 3.05) is 19.6 Å². The molecule has 2 N–H and O–H groups in total. The summed E-state index contributed by atoms with van der Waals surface area (Å²) >= 11 is 0. The highest BCUT2D eigenvalue weighted by Crippen LogP contribution is 2.37. The smallest absolute Gasteiger partial charge is 0.130 e. The van der Waals surface area contributed by atoms with Gasteiger partial charge in [-0.15, -0.1) is 0 Å². The molecule has 100 valence electrons. The SMILES string of the molecule is CCCN1CCC(CN)C1c1ccc(F)cc1F. The second kappa shape index (κ2) is 5.76. The summed E-state index contributed by atoms with van der Waals surface area (Å²) in [7, 11) is 0. The number of halogens is 2. The first-order valence-electron chi connectivity index (χ1n) is 6.56. The number of hydrogen-bond acceptors (Lipinski definition) is 2. The normalized spacial score (nSPS) is 24.7. The Morgan fingerprint density at radius 1 is 1.39 bits per heavy atom. The fourth-order valence-electron chi connectivity index (χ4n) is 2.90. The van der Waals surface area contributed by atoms with Gasteiger partial charge in [0.15, 0.2) is 0 Å². The first-order chi connectivity index (χ1) is 8.67. The third-order valence-electron chi connectivity index (χ3n) is 3.72. The van der Waals surface area contributed by atoms with Gasteiger partial charge in [-0.25, -0.2) is 8.78 Å². The Morgan fingerprint density at radius 3 is 2.78 bits per heavy atom. The number of benzene rings is 1. The van der Waals surface area contributed by atoms with E-state index in [9.17, 15) is 8.78 Å². The molecule has 1 aromatic rings. The number of hydrogen-bond donors (Lipinski definition) is 1. The van der Waals surface area contributed by atoms with Crippen LogP contribution in [-0.4, -0.2) is 24.5 Å². The molecule has 0 saturated carbocycles. The van der Waals surface area contributed by atoms with Gasteiger partial charge >= 0.3 is 0 Å². The Balaban J connectivity index is 2.31. The van der Waals surface area contributed by atoms with Gasteiger partial charge in [-0.3, -0.25) is 4.90 Å². The maximum absolute atomic E-state index is 13.9. The van der Waals surface area contributed by atoms with Crippen LogP contribution in [0, 0.1) is 17.6 Å². The van der Waals surface area contributed by atoms with Gasteiger partial charge in [0.2, 0.25) is 0 Å². The van der Waals surface area contributed by atoms with E-state index in [0.29, 0.717) is 12.1 Å². The van der Waals surface area contributed by atoms with E-state index in [2.05, 4.69) is 11.8 Å². The second-order valence-corrected chi connectivity index (χ2v) is 4.93. The lowest BCUT2D eigenvalue weighted by Crippen LogP contribution is -2.29. The van der Waals surface area contributed by atoms with Crippen LogP contribution in [0.5, 0.6) is 0 Å². The Morgan fingerprint density at radius 2 is 2.17 bits per heavy atom. The zero-order valence-electron chi connectivity index (χ0n) is 10.7. The third kappa shape index (κ3) is 2.54. The lowest BCUT2D eigenvalue weighted by molar-refractivity contribution is 0.225. The zero-order valence-corrected chi connectivity index (χ0v) is 10.7. The zero-order chi connectivity index (χ0) is 13.1. The summed E-state index contributed by atoms with van der Waals surface area (Å²) < 4.78 is 26.9. The first kappa shape index (κ1) is 13.4. The molecular formula is C14H20F2N2. The molecule has 0 aliphatic carbocycles. The summed E-state index contributed by atoms with van der Waals surface area (Å²) in [5.74, 6) is -0.724. The molecule has 18 heavy (non-hydrogen) atoms. The highest BCUT2D eigenvalue weighted by molar-refractivity contribution is 5.24. The fourth-order valence-corrected chi connectivity index (χ4v) is 2.90. The second-order valence-electron chi connectivity index (χ2n) is 4.93.